The highest BCUT2D eigenvalue weighted by Gasteiger charge is 2.33. The lowest BCUT2D eigenvalue weighted by Gasteiger charge is -2.17. The van der Waals surface area contributed by atoms with Crippen LogP contribution in [0.5, 0.6) is 0 Å². The molecule has 2 N–H and O–H groups in total. The summed E-state index contributed by atoms with van der Waals surface area (Å²) in [6.45, 7) is 3.22. The average Bonchev–Trinajstić information content (AvgIpc) is 3.22. The molecule has 1 unspecified atom stereocenters. The van der Waals surface area contributed by atoms with Crippen molar-refractivity contribution in [2.24, 2.45) is 5.73 Å². The molecule has 0 bridgehead atoms. The van der Waals surface area contributed by atoms with E-state index in [9.17, 15) is 4.79 Å². The van der Waals surface area contributed by atoms with Gasteiger partial charge in [0.05, 0.1) is 25.7 Å². The highest BCUT2D eigenvalue weighted by Crippen LogP contribution is 2.26. The fourth-order valence-electron chi connectivity index (χ4n) is 3.39. The van der Waals surface area contributed by atoms with Crippen LogP contribution in [0.1, 0.15) is 30.7 Å². The normalized spacial score (nSPS) is 27.5. The van der Waals surface area contributed by atoms with Crippen LogP contribution in [-0.4, -0.2) is 55.9 Å². The largest absolute Gasteiger partial charge is 0.378 e. The maximum absolute atomic E-state index is 12.3. The number of nitrogens with two attached hydrogens (primary N) is 1. The van der Waals surface area contributed by atoms with Crippen molar-refractivity contribution in [3.63, 3.8) is 0 Å². The number of hydrogen-bond donors (Lipinski definition) is 1. The summed E-state index contributed by atoms with van der Waals surface area (Å²) >= 11 is 0. The molecular weight excluding hydrogens is 292 g/mol. The van der Waals surface area contributed by atoms with Crippen molar-refractivity contribution in [2.75, 3.05) is 32.9 Å². The molecule has 2 aliphatic rings. The maximum Gasteiger partial charge on any atom is 0.224 e. The van der Waals surface area contributed by atoms with Crippen LogP contribution in [0.2, 0.25) is 0 Å². The van der Waals surface area contributed by atoms with Gasteiger partial charge in [0.25, 0.3) is 0 Å². The lowest BCUT2D eigenvalue weighted by atomic mass is 9.95. The number of carbonyl (C=O) groups excluding carboxylic acids is 1. The molecule has 5 heteroatoms. The summed E-state index contributed by atoms with van der Waals surface area (Å²) in [5.41, 5.74) is 7.45. The van der Waals surface area contributed by atoms with Gasteiger partial charge in [-0.15, -0.1) is 0 Å². The van der Waals surface area contributed by atoms with E-state index in [-0.39, 0.29) is 24.0 Å². The third-order valence-corrected chi connectivity index (χ3v) is 4.73. The lowest BCUT2D eigenvalue weighted by molar-refractivity contribution is -0.131. The topological polar surface area (TPSA) is 64.8 Å². The molecule has 1 aromatic carbocycles. The quantitative estimate of drug-likeness (QED) is 0.808. The molecule has 2 fully saturated rings. The highest BCUT2D eigenvalue weighted by atomic mass is 16.5. The molecule has 0 aliphatic carbocycles. The Balaban J connectivity index is 1.41. The van der Waals surface area contributed by atoms with Crippen LogP contribution in [0.3, 0.4) is 0 Å². The van der Waals surface area contributed by atoms with E-state index in [4.69, 9.17) is 15.2 Å². The van der Waals surface area contributed by atoms with Gasteiger partial charge < -0.3 is 20.1 Å². The van der Waals surface area contributed by atoms with Crippen LogP contribution in [0.25, 0.3) is 0 Å². The van der Waals surface area contributed by atoms with Gasteiger partial charge in [0.2, 0.25) is 5.91 Å². The molecule has 2 aliphatic heterocycles. The smallest absolute Gasteiger partial charge is 0.224 e. The third-order valence-electron chi connectivity index (χ3n) is 4.73. The molecule has 1 amide bonds. The van der Waals surface area contributed by atoms with Crippen LogP contribution in [0, 0.1) is 0 Å². The SMILES string of the molecule is N[C@@H]1CN(C(=O)CCOCC2CCCO2)C[C@H]1c1ccccc1. The predicted molar refractivity (Wildman–Crippen MR) is 88.1 cm³/mol. The summed E-state index contributed by atoms with van der Waals surface area (Å²) in [5.74, 6) is 0.360. The van der Waals surface area contributed by atoms with Crippen LogP contribution in [-0.2, 0) is 14.3 Å². The van der Waals surface area contributed by atoms with E-state index in [1.54, 1.807) is 0 Å². The van der Waals surface area contributed by atoms with Gasteiger partial charge in [0.15, 0.2) is 0 Å². The van der Waals surface area contributed by atoms with Crippen LogP contribution in [0.4, 0.5) is 0 Å². The molecule has 1 aromatic rings. The third kappa shape index (κ3) is 4.31. The fraction of sp³-hybridized carbons (Fsp3) is 0.611. The number of carbonyl (C=O) groups is 1. The molecule has 0 aromatic heterocycles. The first-order valence-electron chi connectivity index (χ1n) is 8.51. The summed E-state index contributed by atoms with van der Waals surface area (Å²) in [4.78, 5) is 14.2. The van der Waals surface area contributed by atoms with Crippen molar-refractivity contribution < 1.29 is 14.3 Å². The number of hydrogen-bond acceptors (Lipinski definition) is 4. The molecule has 0 radical (unpaired) electrons. The number of amides is 1. The van der Waals surface area contributed by atoms with E-state index in [0.29, 0.717) is 32.7 Å². The predicted octanol–water partition coefficient (Wildman–Crippen LogP) is 1.53. The second kappa shape index (κ2) is 7.90. The van der Waals surface area contributed by atoms with Gasteiger partial charge in [-0.2, -0.15) is 0 Å². The summed E-state index contributed by atoms with van der Waals surface area (Å²) in [5, 5.41) is 0. The van der Waals surface area contributed by atoms with Gasteiger partial charge in [0, 0.05) is 31.7 Å². The van der Waals surface area contributed by atoms with Crippen LogP contribution < -0.4 is 5.73 Å². The van der Waals surface area contributed by atoms with E-state index < -0.39 is 0 Å². The molecule has 3 rings (SSSR count). The van der Waals surface area contributed by atoms with Gasteiger partial charge in [-0.1, -0.05) is 30.3 Å². The number of rotatable bonds is 6. The van der Waals surface area contributed by atoms with Crippen LogP contribution in [0.15, 0.2) is 30.3 Å². The summed E-state index contributed by atoms with van der Waals surface area (Å²) in [7, 11) is 0. The molecule has 2 saturated heterocycles. The molecule has 0 spiro atoms. The minimum Gasteiger partial charge on any atom is -0.378 e. The maximum atomic E-state index is 12.3. The molecule has 0 saturated carbocycles. The Kier molecular flexibility index (Phi) is 5.65. The number of nitrogens with zero attached hydrogens (tertiary/aromatic N) is 1. The van der Waals surface area contributed by atoms with Crippen molar-refractivity contribution >= 4 is 5.91 Å². The molecule has 5 nitrogen and oxygen atoms in total. The van der Waals surface area contributed by atoms with Gasteiger partial charge >= 0.3 is 0 Å². The zero-order chi connectivity index (χ0) is 16.1. The van der Waals surface area contributed by atoms with Crippen molar-refractivity contribution in [3.8, 4) is 0 Å². The molecule has 23 heavy (non-hydrogen) atoms. The first-order valence-corrected chi connectivity index (χ1v) is 8.51. The van der Waals surface area contributed by atoms with E-state index in [2.05, 4.69) is 12.1 Å². The lowest BCUT2D eigenvalue weighted by Crippen LogP contribution is -2.32. The Labute approximate surface area is 137 Å². The second-order valence-corrected chi connectivity index (χ2v) is 6.44. The Hall–Kier alpha value is -1.43. The standard InChI is InChI=1S/C18H26N2O3/c19-17-12-20(11-16(17)14-5-2-1-3-6-14)18(21)8-10-22-13-15-7-4-9-23-15/h1-3,5-6,15-17H,4,7-13,19H2/t15?,16-,17+/m0/s1. The Bertz CT molecular complexity index is 502. The zero-order valence-corrected chi connectivity index (χ0v) is 13.5. The summed E-state index contributed by atoms with van der Waals surface area (Å²) in [6, 6.07) is 10.2. The van der Waals surface area contributed by atoms with E-state index in [1.165, 1.54) is 5.56 Å². The van der Waals surface area contributed by atoms with E-state index >= 15 is 0 Å². The van der Waals surface area contributed by atoms with Crippen LogP contribution >= 0.6 is 0 Å². The Morgan fingerprint density at radius 2 is 2.13 bits per heavy atom. The summed E-state index contributed by atoms with van der Waals surface area (Å²) < 4.78 is 11.1. The molecule has 2 heterocycles. The minimum atomic E-state index is 0.00848. The monoisotopic (exact) mass is 318 g/mol. The Morgan fingerprint density at radius 3 is 2.87 bits per heavy atom. The Morgan fingerprint density at radius 1 is 1.30 bits per heavy atom. The van der Waals surface area contributed by atoms with E-state index in [1.807, 2.05) is 23.1 Å². The van der Waals surface area contributed by atoms with Gasteiger partial charge in [0.1, 0.15) is 0 Å². The van der Waals surface area contributed by atoms with Crippen molar-refractivity contribution in [1.29, 1.82) is 0 Å². The number of ether oxygens (including phenoxy) is 2. The first-order chi connectivity index (χ1) is 11.2. The van der Waals surface area contributed by atoms with E-state index in [0.717, 1.165) is 19.4 Å². The number of benzene rings is 1. The van der Waals surface area contributed by atoms with Gasteiger partial charge in [-0.3, -0.25) is 4.79 Å². The minimum absolute atomic E-state index is 0.00848. The average molecular weight is 318 g/mol. The fourth-order valence-corrected chi connectivity index (χ4v) is 3.39. The second-order valence-electron chi connectivity index (χ2n) is 6.44. The molecular formula is C18H26N2O3. The van der Waals surface area contributed by atoms with Gasteiger partial charge in [-0.05, 0) is 18.4 Å². The van der Waals surface area contributed by atoms with Crippen molar-refractivity contribution in [2.45, 2.75) is 37.3 Å². The van der Waals surface area contributed by atoms with Crippen molar-refractivity contribution in [1.82, 2.24) is 4.90 Å². The molecule has 126 valence electrons. The summed E-state index contributed by atoms with van der Waals surface area (Å²) in [6.07, 6.45) is 2.81. The highest BCUT2D eigenvalue weighted by molar-refractivity contribution is 5.76. The molecule has 3 atom stereocenters. The van der Waals surface area contributed by atoms with Gasteiger partial charge in [-0.25, -0.2) is 0 Å². The first kappa shape index (κ1) is 16.4. The number of likely N-dealkylation sites (tertiary alicyclic amines) is 1. The zero-order valence-electron chi connectivity index (χ0n) is 13.5. The van der Waals surface area contributed by atoms with Crippen molar-refractivity contribution in [3.05, 3.63) is 35.9 Å².